The van der Waals surface area contributed by atoms with Gasteiger partial charge < -0.3 is 15.0 Å². The second-order valence-electron chi connectivity index (χ2n) is 5.72. The number of hydrogen-bond donors (Lipinski definition) is 2. The third-order valence-electron chi connectivity index (χ3n) is 4.17. The molecule has 1 aromatic carbocycles. The number of piperazine rings is 1. The molecule has 0 spiro atoms. The molecule has 1 saturated heterocycles. The maximum absolute atomic E-state index is 5.73. The number of nitrogens with zero attached hydrogens (tertiary/aromatic N) is 3. The molecule has 2 aliphatic heterocycles. The van der Waals surface area contributed by atoms with E-state index in [4.69, 9.17) is 9.72 Å². The van der Waals surface area contributed by atoms with Gasteiger partial charge in [0.1, 0.15) is 18.2 Å². The molecule has 2 aromatic rings. The SMILES string of the molecule is CC1CN(c2n[nH]c(C3COc4ccccc43)n2)CCN1. The number of hydrogen-bond acceptors (Lipinski definition) is 5. The molecule has 2 N–H and O–H groups in total. The van der Waals surface area contributed by atoms with Gasteiger partial charge in [0, 0.05) is 31.2 Å². The molecule has 2 unspecified atom stereocenters. The van der Waals surface area contributed by atoms with Gasteiger partial charge in [0.15, 0.2) is 0 Å². The van der Waals surface area contributed by atoms with Gasteiger partial charge in [0.2, 0.25) is 5.95 Å². The van der Waals surface area contributed by atoms with Crippen molar-refractivity contribution >= 4 is 5.95 Å². The van der Waals surface area contributed by atoms with E-state index in [1.165, 1.54) is 5.56 Å². The van der Waals surface area contributed by atoms with E-state index in [1.807, 2.05) is 18.2 Å². The van der Waals surface area contributed by atoms with Crippen LogP contribution in [0.5, 0.6) is 5.75 Å². The van der Waals surface area contributed by atoms with Crippen molar-refractivity contribution in [2.45, 2.75) is 18.9 Å². The summed E-state index contributed by atoms with van der Waals surface area (Å²) in [7, 11) is 0. The molecule has 0 aliphatic carbocycles. The van der Waals surface area contributed by atoms with Crippen LogP contribution in [0.15, 0.2) is 24.3 Å². The number of benzene rings is 1. The molecule has 0 amide bonds. The fourth-order valence-electron chi connectivity index (χ4n) is 3.07. The molecular formula is C15H19N5O. The molecule has 0 bridgehead atoms. The van der Waals surface area contributed by atoms with Gasteiger partial charge in [-0.05, 0) is 13.0 Å². The highest BCUT2D eigenvalue weighted by atomic mass is 16.5. The molecule has 3 heterocycles. The molecule has 1 aromatic heterocycles. The van der Waals surface area contributed by atoms with Crippen LogP contribution in [0.3, 0.4) is 0 Å². The lowest BCUT2D eigenvalue weighted by molar-refractivity contribution is 0.340. The van der Waals surface area contributed by atoms with Crippen LogP contribution in [0.4, 0.5) is 5.95 Å². The number of aromatic nitrogens is 3. The monoisotopic (exact) mass is 285 g/mol. The normalized spacial score (nSPS) is 24.7. The molecule has 21 heavy (non-hydrogen) atoms. The van der Waals surface area contributed by atoms with Crippen molar-refractivity contribution in [2.24, 2.45) is 0 Å². The number of ether oxygens (including phenoxy) is 1. The fourth-order valence-corrected chi connectivity index (χ4v) is 3.07. The van der Waals surface area contributed by atoms with Gasteiger partial charge in [-0.25, -0.2) is 0 Å². The lowest BCUT2D eigenvalue weighted by Crippen LogP contribution is -2.49. The highest BCUT2D eigenvalue weighted by Gasteiger charge is 2.29. The number of rotatable bonds is 2. The van der Waals surface area contributed by atoms with Gasteiger partial charge in [-0.15, -0.1) is 5.10 Å². The van der Waals surface area contributed by atoms with E-state index in [0.29, 0.717) is 12.6 Å². The van der Waals surface area contributed by atoms with Gasteiger partial charge in [0.05, 0.1) is 5.92 Å². The molecule has 2 aliphatic rings. The number of anilines is 1. The molecule has 110 valence electrons. The lowest BCUT2D eigenvalue weighted by atomic mass is 10.0. The number of nitrogens with one attached hydrogen (secondary N) is 2. The zero-order valence-electron chi connectivity index (χ0n) is 12.0. The standard InChI is InChI=1S/C15H19N5O/c1-10-8-20(7-6-16-10)15-17-14(18-19-15)12-9-21-13-5-3-2-4-11(12)13/h2-5,10,12,16H,6-9H2,1H3,(H,17,18,19). The first-order chi connectivity index (χ1) is 10.3. The van der Waals surface area contributed by atoms with E-state index in [1.54, 1.807) is 0 Å². The van der Waals surface area contributed by atoms with E-state index in [2.05, 4.69) is 33.4 Å². The Hall–Kier alpha value is -2.08. The van der Waals surface area contributed by atoms with E-state index in [-0.39, 0.29) is 5.92 Å². The van der Waals surface area contributed by atoms with Crippen LogP contribution in [0.2, 0.25) is 0 Å². The summed E-state index contributed by atoms with van der Waals surface area (Å²) in [5.41, 5.74) is 1.19. The largest absolute Gasteiger partial charge is 0.492 e. The van der Waals surface area contributed by atoms with Gasteiger partial charge in [-0.2, -0.15) is 4.98 Å². The minimum atomic E-state index is 0.155. The Kier molecular flexibility index (Phi) is 3.03. The Balaban J connectivity index is 1.58. The summed E-state index contributed by atoms with van der Waals surface area (Å²) >= 11 is 0. The van der Waals surface area contributed by atoms with E-state index >= 15 is 0 Å². The smallest absolute Gasteiger partial charge is 0.244 e. The molecule has 2 atom stereocenters. The minimum Gasteiger partial charge on any atom is -0.492 e. The molecule has 4 rings (SSSR count). The number of para-hydroxylation sites is 1. The quantitative estimate of drug-likeness (QED) is 0.866. The third kappa shape index (κ3) is 2.25. The highest BCUT2D eigenvalue weighted by molar-refractivity contribution is 5.43. The lowest BCUT2D eigenvalue weighted by Gasteiger charge is -2.30. The first kappa shape index (κ1) is 12.6. The van der Waals surface area contributed by atoms with Crippen molar-refractivity contribution < 1.29 is 4.74 Å². The predicted octanol–water partition coefficient (Wildman–Crippen LogP) is 1.13. The van der Waals surface area contributed by atoms with Crippen molar-refractivity contribution in [2.75, 3.05) is 31.1 Å². The second kappa shape index (κ2) is 5.04. The van der Waals surface area contributed by atoms with Gasteiger partial charge in [-0.3, -0.25) is 5.10 Å². The Morgan fingerprint density at radius 3 is 3.14 bits per heavy atom. The van der Waals surface area contributed by atoms with Gasteiger partial charge in [0.25, 0.3) is 0 Å². The number of aromatic amines is 1. The van der Waals surface area contributed by atoms with Crippen LogP contribution in [0.25, 0.3) is 0 Å². The molecule has 0 saturated carbocycles. The average Bonchev–Trinajstić information content (AvgIpc) is 3.14. The number of fused-ring (bicyclic) bond motifs is 1. The average molecular weight is 285 g/mol. The van der Waals surface area contributed by atoms with Crippen LogP contribution in [-0.4, -0.2) is 47.5 Å². The maximum Gasteiger partial charge on any atom is 0.244 e. The summed E-state index contributed by atoms with van der Waals surface area (Å²) in [6.07, 6.45) is 0. The molecular weight excluding hydrogens is 266 g/mol. The zero-order valence-corrected chi connectivity index (χ0v) is 12.0. The third-order valence-corrected chi connectivity index (χ3v) is 4.17. The summed E-state index contributed by atoms with van der Waals surface area (Å²) in [5.74, 6) is 2.79. The fraction of sp³-hybridized carbons (Fsp3) is 0.467. The van der Waals surface area contributed by atoms with E-state index < -0.39 is 0 Å². The van der Waals surface area contributed by atoms with Crippen LogP contribution >= 0.6 is 0 Å². The minimum absolute atomic E-state index is 0.155. The molecule has 6 heteroatoms. The highest BCUT2D eigenvalue weighted by Crippen LogP contribution is 2.36. The Bertz CT molecular complexity index is 640. The van der Waals surface area contributed by atoms with Crippen molar-refractivity contribution in [1.29, 1.82) is 0 Å². The van der Waals surface area contributed by atoms with E-state index in [0.717, 1.165) is 37.2 Å². The Morgan fingerprint density at radius 2 is 2.24 bits per heavy atom. The summed E-state index contributed by atoms with van der Waals surface area (Å²) in [6.45, 7) is 5.67. The maximum atomic E-state index is 5.73. The number of H-pyrrole nitrogens is 1. The van der Waals surface area contributed by atoms with Gasteiger partial charge in [-0.1, -0.05) is 18.2 Å². The summed E-state index contributed by atoms with van der Waals surface area (Å²) in [5, 5.41) is 10.9. The van der Waals surface area contributed by atoms with E-state index in [9.17, 15) is 0 Å². The van der Waals surface area contributed by atoms with Gasteiger partial charge >= 0.3 is 0 Å². The molecule has 1 fully saturated rings. The second-order valence-corrected chi connectivity index (χ2v) is 5.72. The Morgan fingerprint density at radius 1 is 1.33 bits per heavy atom. The predicted molar refractivity (Wildman–Crippen MR) is 79.8 cm³/mol. The van der Waals surface area contributed by atoms with Crippen LogP contribution < -0.4 is 15.0 Å². The van der Waals surface area contributed by atoms with Crippen molar-refractivity contribution in [3.63, 3.8) is 0 Å². The van der Waals surface area contributed by atoms with Crippen molar-refractivity contribution in [3.05, 3.63) is 35.7 Å². The summed E-state index contributed by atoms with van der Waals surface area (Å²) in [6, 6.07) is 8.61. The van der Waals surface area contributed by atoms with Crippen molar-refractivity contribution in [1.82, 2.24) is 20.5 Å². The molecule has 6 nitrogen and oxygen atoms in total. The summed E-state index contributed by atoms with van der Waals surface area (Å²) < 4.78 is 5.73. The topological polar surface area (TPSA) is 66.1 Å². The first-order valence-electron chi connectivity index (χ1n) is 7.43. The zero-order chi connectivity index (χ0) is 14.2. The van der Waals surface area contributed by atoms with Crippen LogP contribution in [0, 0.1) is 0 Å². The first-order valence-corrected chi connectivity index (χ1v) is 7.43. The molecule has 0 radical (unpaired) electrons. The Labute approximate surface area is 123 Å². The van der Waals surface area contributed by atoms with Crippen molar-refractivity contribution in [3.8, 4) is 5.75 Å². The van der Waals surface area contributed by atoms with Crippen LogP contribution in [0.1, 0.15) is 24.2 Å². The summed E-state index contributed by atoms with van der Waals surface area (Å²) in [4.78, 5) is 6.93. The van der Waals surface area contributed by atoms with Crippen LogP contribution in [-0.2, 0) is 0 Å².